The summed E-state index contributed by atoms with van der Waals surface area (Å²) in [4.78, 5) is 11.6. The van der Waals surface area contributed by atoms with Gasteiger partial charge in [-0.1, -0.05) is 37.5 Å². The Morgan fingerprint density at radius 1 is 0.939 bits per heavy atom. The van der Waals surface area contributed by atoms with Gasteiger partial charge in [-0.15, -0.1) is 33.2 Å². The van der Waals surface area contributed by atoms with Crippen LogP contribution in [0.3, 0.4) is 0 Å². The molecular weight excluding hydrogens is 503 g/mol. The van der Waals surface area contributed by atoms with Crippen LogP contribution < -0.4 is 14.2 Å². The molecule has 0 radical (unpaired) electrons. The van der Waals surface area contributed by atoms with Crippen molar-refractivity contribution in [1.82, 2.24) is 0 Å². The molecule has 0 aliphatic rings. The molecule has 180 valence electrons. The maximum Gasteiger partial charge on any atom is 0.341 e. The maximum absolute atomic E-state index is 11.6. The minimum Gasteiger partial charge on any atom is -0.493 e. The Kier molecular flexibility index (Phi) is 11.4. The first-order chi connectivity index (χ1) is 15.7. The molecule has 33 heavy (non-hydrogen) atoms. The summed E-state index contributed by atoms with van der Waals surface area (Å²) >= 11 is 17.6. The van der Waals surface area contributed by atoms with Crippen LogP contribution >= 0.6 is 33.2 Å². The SMILES string of the molecule is COc1ccc(COc2ccc(/C=C(\CCCCCC[Si](Cl)(Cl)Cl)C(=O)O)cc2)cc1OC. The Morgan fingerprint density at radius 3 is 2.21 bits per heavy atom. The zero-order chi connectivity index (χ0) is 24.3. The van der Waals surface area contributed by atoms with Crippen molar-refractivity contribution in [2.45, 2.75) is 44.8 Å². The summed E-state index contributed by atoms with van der Waals surface area (Å²) in [6.45, 7) is 0.372. The minimum atomic E-state index is -2.56. The van der Waals surface area contributed by atoms with Gasteiger partial charge in [-0.05, 0) is 60.4 Å². The summed E-state index contributed by atoms with van der Waals surface area (Å²) in [5.74, 6) is 1.09. The molecule has 1 N–H and O–H groups in total. The number of unbranched alkanes of at least 4 members (excludes halogenated alkanes) is 3. The Bertz CT molecular complexity index is 927. The molecule has 5 nitrogen and oxygen atoms in total. The quantitative estimate of drug-likeness (QED) is 0.119. The largest absolute Gasteiger partial charge is 0.493 e. The van der Waals surface area contributed by atoms with E-state index >= 15 is 0 Å². The van der Waals surface area contributed by atoms with Crippen molar-refractivity contribution in [3.8, 4) is 17.2 Å². The normalized spacial score (nSPS) is 11.8. The first-order valence-electron chi connectivity index (χ1n) is 10.7. The van der Waals surface area contributed by atoms with Crippen LogP contribution in [0.2, 0.25) is 6.04 Å². The molecule has 0 unspecified atom stereocenters. The van der Waals surface area contributed by atoms with E-state index in [4.69, 9.17) is 47.4 Å². The number of carboxylic acids is 1. The van der Waals surface area contributed by atoms with Crippen molar-refractivity contribution >= 4 is 51.3 Å². The number of halogens is 3. The Morgan fingerprint density at radius 2 is 1.61 bits per heavy atom. The second-order valence-electron chi connectivity index (χ2n) is 7.55. The summed E-state index contributed by atoms with van der Waals surface area (Å²) in [5, 5.41) is 9.53. The predicted molar refractivity (Wildman–Crippen MR) is 137 cm³/mol. The highest BCUT2D eigenvalue weighted by Gasteiger charge is 2.23. The topological polar surface area (TPSA) is 65.0 Å². The van der Waals surface area contributed by atoms with E-state index in [-0.39, 0.29) is 0 Å². The van der Waals surface area contributed by atoms with E-state index in [0.717, 1.165) is 36.8 Å². The lowest BCUT2D eigenvalue weighted by Gasteiger charge is -2.11. The number of aliphatic carboxylic acids is 1. The number of hydrogen-bond acceptors (Lipinski definition) is 4. The molecule has 0 aliphatic heterocycles. The molecule has 0 bridgehead atoms. The standard InChI is InChI=1S/C24H29Cl3O5Si/c1-30-22-13-10-19(16-23(22)31-2)17-32-21-11-8-18(9-12-21)15-20(24(28)29)7-5-3-4-6-14-33(25,26)27/h8-13,15-16H,3-7,14,17H2,1-2H3,(H,28,29)/b20-15+. The molecule has 0 amide bonds. The van der Waals surface area contributed by atoms with Crippen LogP contribution in [-0.2, 0) is 11.4 Å². The summed E-state index contributed by atoms with van der Waals surface area (Å²) in [7, 11) is 3.18. The summed E-state index contributed by atoms with van der Waals surface area (Å²) in [6, 6.07) is 11.0. The average Bonchev–Trinajstić information content (AvgIpc) is 2.78. The molecule has 2 rings (SSSR count). The number of carboxylic acid groups (broad SMARTS) is 1. The molecular formula is C24H29Cl3O5Si. The van der Waals surface area contributed by atoms with E-state index in [0.29, 0.717) is 41.9 Å². The van der Waals surface area contributed by atoms with E-state index in [2.05, 4.69) is 0 Å². The van der Waals surface area contributed by atoms with Crippen molar-refractivity contribution in [3.05, 3.63) is 59.2 Å². The highest BCUT2D eigenvalue weighted by atomic mass is 35.8. The van der Waals surface area contributed by atoms with E-state index in [9.17, 15) is 9.90 Å². The lowest BCUT2D eigenvalue weighted by Crippen LogP contribution is -2.07. The fourth-order valence-corrected chi connectivity index (χ4v) is 5.09. The number of ether oxygens (including phenoxy) is 3. The van der Waals surface area contributed by atoms with Crippen LogP contribution in [0, 0.1) is 0 Å². The van der Waals surface area contributed by atoms with Gasteiger partial charge in [0.15, 0.2) is 11.5 Å². The lowest BCUT2D eigenvalue weighted by atomic mass is 10.0. The second-order valence-corrected chi connectivity index (χ2v) is 16.8. The van der Waals surface area contributed by atoms with Gasteiger partial charge in [-0.2, -0.15) is 0 Å². The van der Waals surface area contributed by atoms with Gasteiger partial charge in [0.25, 0.3) is 0 Å². The third-order valence-corrected chi connectivity index (χ3v) is 7.63. The van der Waals surface area contributed by atoms with Gasteiger partial charge >= 0.3 is 12.0 Å². The van der Waals surface area contributed by atoms with Gasteiger partial charge in [0.1, 0.15) is 12.4 Å². The number of methoxy groups -OCH3 is 2. The average molecular weight is 532 g/mol. The minimum absolute atomic E-state index is 0.372. The van der Waals surface area contributed by atoms with E-state index in [1.54, 1.807) is 20.3 Å². The molecule has 2 aromatic carbocycles. The van der Waals surface area contributed by atoms with E-state index in [1.807, 2.05) is 42.5 Å². The highest BCUT2D eigenvalue weighted by Crippen LogP contribution is 2.29. The second kappa shape index (κ2) is 13.7. The van der Waals surface area contributed by atoms with Crippen LogP contribution in [-0.4, -0.2) is 31.3 Å². The Labute approximate surface area is 210 Å². The molecule has 0 fully saturated rings. The lowest BCUT2D eigenvalue weighted by molar-refractivity contribution is -0.132. The third kappa shape index (κ3) is 10.3. The molecule has 0 saturated heterocycles. The van der Waals surface area contributed by atoms with Crippen molar-refractivity contribution in [2.24, 2.45) is 0 Å². The van der Waals surface area contributed by atoms with Crippen LogP contribution in [0.15, 0.2) is 48.0 Å². The predicted octanol–water partition coefficient (Wildman–Crippen LogP) is 7.36. The van der Waals surface area contributed by atoms with Gasteiger partial charge in [-0.3, -0.25) is 0 Å². The van der Waals surface area contributed by atoms with E-state index < -0.39 is 12.0 Å². The Balaban J connectivity index is 1.88. The number of hydrogen-bond donors (Lipinski definition) is 1. The maximum atomic E-state index is 11.6. The zero-order valence-electron chi connectivity index (χ0n) is 18.8. The van der Waals surface area contributed by atoms with Crippen LogP contribution in [0.25, 0.3) is 6.08 Å². The molecule has 0 aliphatic carbocycles. The number of benzene rings is 2. The molecule has 0 aromatic heterocycles. The third-order valence-electron chi connectivity index (χ3n) is 5.01. The van der Waals surface area contributed by atoms with Gasteiger partial charge < -0.3 is 19.3 Å². The summed E-state index contributed by atoms with van der Waals surface area (Å²) < 4.78 is 16.4. The van der Waals surface area contributed by atoms with Gasteiger partial charge in [-0.25, -0.2) is 4.79 Å². The van der Waals surface area contributed by atoms with Crippen LogP contribution in [0.5, 0.6) is 17.2 Å². The first kappa shape index (κ1) is 27.4. The molecule has 2 aromatic rings. The Hall–Kier alpha value is -1.86. The zero-order valence-corrected chi connectivity index (χ0v) is 22.1. The van der Waals surface area contributed by atoms with Gasteiger partial charge in [0.2, 0.25) is 0 Å². The first-order valence-corrected chi connectivity index (χ1v) is 15.9. The van der Waals surface area contributed by atoms with Crippen molar-refractivity contribution in [1.29, 1.82) is 0 Å². The van der Waals surface area contributed by atoms with Crippen molar-refractivity contribution < 1.29 is 24.1 Å². The highest BCUT2D eigenvalue weighted by molar-refractivity contribution is 7.64. The molecule has 0 heterocycles. The summed E-state index contributed by atoms with van der Waals surface area (Å²) in [5.41, 5.74) is 2.14. The van der Waals surface area contributed by atoms with Crippen molar-refractivity contribution in [2.75, 3.05) is 14.2 Å². The van der Waals surface area contributed by atoms with Gasteiger partial charge in [0.05, 0.1) is 14.2 Å². The fraction of sp³-hybridized carbons (Fsp3) is 0.375. The molecule has 9 heteroatoms. The number of rotatable bonds is 14. The fourth-order valence-electron chi connectivity index (χ4n) is 3.23. The molecule has 0 atom stereocenters. The van der Waals surface area contributed by atoms with Crippen LogP contribution in [0.4, 0.5) is 0 Å². The smallest absolute Gasteiger partial charge is 0.341 e. The monoisotopic (exact) mass is 530 g/mol. The van der Waals surface area contributed by atoms with E-state index in [1.165, 1.54) is 0 Å². The summed E-state index contributed by atoms with van der Waals surface area (Å²) in [6.07, 6.45) is 5.68. The molecule has 0 spiro atoms. The molecule has 0 saturated carbocycles. The van der Waals surface area contributed by atoms with Crippen molar-refractivity contribution in [3.63, 3.8) is 0 Å². The van der Waals surface area contributed by atoms with Crippen LogP contribution in [0.1, 0.15) is 43.2 Å². The van der Waals surface area contributed by atoms with Gasteiger partial charge in [0, 0.05) is 5.57 Å². The number of carbonyl (C=O) groups is 1.